The van der Waals surface area contributed by atoms with Crippen LogP contribution in [0.3, 0.4) is 0 Å². The van der Waals surface area contributed by atoms with E-state index in [0.717, 1.165) is 0 Å². The van der Waals surface area contributed by atoms with E-state index >= 15 is 0 Å². The minimum atomic E-state index is -5.02. The van der Waals surface area contributed by atoms with Crippen molar-refractivity contribution in [3.63, 3.8) is 0 Å². The number of methoxy groups -OCH3 is 2. The van der Waals surface area contributed by atoms with Crippen LogP contribution < -0.4 is 14.4 Å². The Morgan fingerprint density at radius 1 is 1.03 bits per heavy atom. The Morgan fingerprint density at radius 3 is 2.10 bits per heavy atom. The molecule has 1 amide bonds. The predicted molar refractivity (Wildman–Crippen MR) is 129 cm³/mol. The summed E-state index contributed by atoms with van der Waals surface area (Å²) in [6, 6.07) is 3.70. The van der Waals surface area contributed by atoms with Crippen molar-refractivity contribution in [1.82, 2.24) is 4.90 Å². The standard InChI is InChI=1S/C26H28F6N2O5/c1-15(13-39-14-35)34-6-5-20(19-11-22(37-3)23(38-4)12-21(19)34)33(2)24(36)9-16-7-17(25(27,28)29)10-18(8-16)26(30,31)32/h7-8,10-12,14-15,20H,5-6,9,13H2,1-4H3. The Morgan fingerprint density at radius 2 is 1.59 bits per heavy atom. The molecule has 0 aliphatic carbocycles. The highest BCUT2D eigenvalue weighted by Crippen LogP contribution is 2.44. The number of halogens is 6. The summed E-state index contributed by atoms with van der Waals surface area (Å²) in [7, 11) is 4.33. The van der Waals surface area contributed by atoms with Gasteiger partial charge in [0.05, 0.1) is 43.9 Å². The van der Waals surface area contributed by atoms with Gasteiger partial charge >= 0.3 is 12.4 Å². The number of hydrogen-bond donors (Lipinski definition) is 0. The summed E-state index contributed by atoms with van der Waals surface area (Å²) in [6.45, 7) is 2.68. The Balaban J connectivity index is 1.97. The third kappa shape index (κ3) is 6.69. The number of likely N-dealkylation sites (N-methyl/N-ethyl adjacent to an activating group) is 1. The normalized spacial score (nSPS) is 16.3. The topological polar surface area (TPSA) is 68.3 Å². The van der Waals surface area contributed by atoms with Gasteiger partial charge in [0.1, 0.15) is 6.61 Å². The van der Waals surface area contributed by atoms with Gasteiger partial charge in [0, 0.05) is 30.9 Å². The van der Waals surface area contributed by atoms with Crippen LogP contribution in [-0.4, -0.2) is 57.7 Å². The number of fused-ring (bicyclic) bond motifs is 1. The number of amides is 1. The van der Waals surface area contributed by atoms with Crippen molar-refractivity contribution >= 4 is 18.1 Å². The highest BCUT2D eigenvalue weighted by atomic mass is 19.4. The van der Waals surface area contributed by atoms with Gasteiger partial charge in [-0.1, -0.05) is 0 Å². The molecule has 2 unspecified atom stereocenters. The number of nitrogens with zero attached hydrogens (tertiary/aromatic N) is 2. The van der Waals surface area contributed by atoms with Crippen LogP contribution in [0.5, 0.6) is 11.5 Å². The lowest BCUT2D eigenvalue weighted by atomic mass is 9.93. The number of rotatable bonds is 9. The molecule has 0 saturated heterocycles. The fourth-order valence-corrected chi connectivity index (χ4v) is 4.66. The molecule has 214 valence electrons. The van der Waals surface area contributed by atoms with E-state index in [4.69, 9.17) is 14.2 Å². The molecule has 0 N–H and O–H groups in total. The highest BCUT2D eigenvalue weighted by Gasteiger charge is 2.38. The van der Waals surface area contributed by atoms with Crippen molar-refractivity contribution < 1.29 is 50.1 Å². The van der Waals surface area contributed by atoms with Crippen molar-refractivity contribution in [2.45, 2.75) is 44.2 Å². The third-order valence-electron chi connectivity index (χ3n) is 6.65. The third-order valence-corrected chi connectivity index (χ3v) is 6.65. The molecule has 3 rings (SSSR count). The first-order valence-electron chi connectivity index (χ1n) is 11.8. The summed E-state index contributed by atoms with van der Waals surface area (Å²) in [4.78, 5) is 27.2. The second kappa shape index (κ2) is 11.6. The number of carbonyl (C=O) groups excluding carboxylic acids is 2. The van der Waals surface area contributed by atoms with E-state index in [-0.39, 0.29) is 18.7 Å². The quantitative estimate of drug-likeness (QED) is 0.307. The van der Waals surface area contributed by atoms with Crippen LogP contribution >= 0.6 is 0 Å². The Bertz CT molecular complexity index is 1170. The van der Waals surface area contributed by atoms with E-state index in [1.54, 1.807) is 12.1 Å². The van der Waals surface area contributed by atoms with Gasteiger partial charge in [-0.25, -0.2) is 0 Å². The Labute approximate surface area is 221 Å². The molecule has 2 atom stereocenters. The Hall–Kier alpha value is -3.64. The zero-order chi connectivity index (χ0) is 29.1. The van der Waals surface area contributed by atoms with Gasteiger partial charge in [-0.15, -0.1) is 0 Å². The SMILES string of the molecule is COc1cc2c(cc1OC)N(C(C)COC=O)CCC2N(C)C(=O)Cc1cc(C(F)(F)F)cc(C(F)(F)F)c1. The summed E-state index contributed by atoms with van der Waals surface area (Å²) in [6.07, 6.45) is -10.3. The van der Waals surface area contributed by atoms with Crippen molar-refractivity contribution in [2.24, 2.45) is 0 Å². The fraction of sp³-hybridized carbons (Fsp3) is 0.462. The number of carbonyl (C=O) groups is 2. The lowest BCUT2D eigenvalue weighted by molar-refractivity contribution is -0.143. The van der Waals surface area contributed by atoms with Gasteiger partial charge in [-0.3, -0.25) is 9.59 Å². The van der Waals surface area contributed by atoms with Crippen LogP contribution in [0.4, 0.5) is 32.0 Å². The average molecular weight is 563 g/mol. The first-order valence-corrected chi connectivity index (χ1v) is 11.8. The molecule has 13 heteroatoms. The summed E-state index contributed by atoms with van der Waals surface area (Å²) in [5, 5.41) is 0. The number of ether oxygens (including phenoxy) is 3. The van der Waals surface area contributed by atoms with Gasteiger partial charge < -0.3 is 24.0 Å². The molecular weight excluding hydrogens is 534 g/mol. The van der Waals surface area contributed by atoms with Gasteiger partial charge in [-0.2, -0.15) is 26.3 Å². The molecule has 1 aliphatic rings. The van der Waals surface area contributed by atoms with Crippen molar-refractivity contribution in [3.05, 3.63) is 52.6 Å². The molecule has 2 aromatic carbocycles. The minimum Gasteiger partial charge on any atom is -0.493 e. The molecule has 2 aromatic rings. The molecule has 0 fully saturated rings. The predicted octanol–water partition coefficient (Wildman–Crippen LogP) is 5.26. The zero-order valence-electron chi connectivity index (χ0n) is 21.7. The average Bonchev–Trinajstić information content (AvgIpc) is 2.88. The van der Waals surface area contributed by atoms with E-state index in [2.05, 4.69) is 0 Å². The van der Waals surface area contributed by atoms with Crippen molar-refractivity contribution in [2.75, 3.05) is 39.3 Å². The summed E-state index contributed by atoms with van der Waals surface area (Å²) >= 11 is 0. The van der Waals surface area contributed by atoms with Crippen LogP contribution in [0.1, 0.15) is 41.6 Å². The van der Waals surface area contributed by atoms with Gasteiger partial charge in [0.15, 0.2) is 11.5 Å². The van der Waals surface area contributed by atoms with E-state index < -0.39 is 47.4 Å². The van der Waals surface area contributed by atoms with Gasteiger partial charge in [0.25, 0.3) is 6.47 Å². The van der Waals surface area contributed by atoms with E-state index in [1.165, 1.54) is 26.2 Å². The van der Waals surface area contributed by atoms with Crippen LogP contribution in [0.25, 0.3) is 0 Å². The highest BCUT2D eigenvalue weighted by molar-refractivity contribution is 5.80. The maximum Gasteiger partial charge on any atom is 0.416 e. The molecule has 7 nitrogen and oxygen atoms in total. The molecule has 0 aromatic heterocycles. The summed E-state index contributed by atoms with van der Waals surface area (Å²) in [5.74, 6) is 0.107. The minimum absolute atomic E-state index is 0.0266. The number of benzene rings is 2. The molecule has 0 saturated carbocycles. The molecule has 0 spiro atoms. The summed E-state index contributed by atoms with van der Waals surface area (Å²) in [5.41, 5.74) is -2.08. The van der Waals surface area contributed by atoms with E-state index in [0.29, 0.717) is 54.3 Å². The maximum atomic E-state index is 13.3. The monoisotopic (exact) mass is 562 g/mol. The second-order valence-electron chi connectivity index (χ2n) is 9.14. The van der Waals surface area contributed by atoms with E-state index in [1.807, 2.05) is 11.8 Å². The molecular formula is C26H28F6N2O5. The molecule has 0 bridgehead atoms. The lowest BCUT2D eigenvalue weighted by Gasteiger charge is -2.42. The van der Waals surface area contributed by atoms with Gasteiger partial charge in [0.2, 0.25) is 5.91 Å². The first kappa shape index (κ1) is 29.9. The maximum absolute atomic E-state index is 13.3. The zero-order valence-corrected chi connectivity index (χ0v) is 21.7. The fourth-order valence-electron chi connectivity index (χ4n) is 4.66. The number of anilines is 1. The van der Waals surface area contributed by atoms with Crippen LogP contribution in [0, 0.1) is 0 Å². The van der Waals surface area contributed by atoms with Crippen molar-refractivity contribution in [3.8, 4) is 11.5 Å². The van der Waals surface area contributed by atoms with Crippen LogP contribution in [0.15, 0.2) is 30.3 Å². The van der Waals surface area contributed by atoms with Crippen LogP contribution in [0.2, 0.25) is 0 Å². The van der Waals surface area contributed by atoms with Crippen molar-refractivity contribution in [1.29, 1.82) is 0 Å². The molecule has 0 radical (unpaired) electrons. The molecule has 39 heavy (non-hydrogen) atoms. The second-order valence-corrected chi connectivity index (χ2v) is 9.14. The number of hydrogen-bond acceptors (Lipinski definition) is 6. The lowest BCUT2D eigenvalue weighted by Crippen LogP contribution is -2.44. The van der Waals surface area contributed by atoms with Crippen LogP contribution in [-0.2, 0) is 33.1 Å². The van der Waals surface area contributed by atoms with Gasteiger partial charge in [-0.05, 0) is 43.2 Å². The van der Waals surface area contributed by atoms with E-state index in [9.17, 15) is 35.9 Å². The number of alkyl halides is 6. The largest absolute Gasteiger partial charge is 0.493 e. The summed E-state index contributed by atoms with van der Waals surface area (Å²) < 4.78 is 95.4. The Kier molecular flexibility index (Phi) is 8.91. The molecule has 1 aliphatic heterocycles. The smallest absolute Gasteiger partial charge is 0.416 e. The first-order chi connectivity index (χ1) is 18.2. The molecule has 1 heterocycles.